The lowest BCUT2D eigenvalue weighted by atomic mass is 10.1. The van der Waals surface area contributed by atoms with Crippen molar-refractivity contribution in [3.05, 3.63) is 47.0 Å². The number of carbonyl (C=O) groups is 1. The molecule has 0 aliphatic carbocycles. The van der Waals surface area contributed by atoms with Gasteiger partial charge in [-0.15, -0.1) is 0 Å². The van der Waals surface area contributed by atoms with E-state index in [0.29, 0.717) is 21.4 Å². The molecule has 1 saturated heterocycles. The van der Waals surface area contributed by atoms with Gasteiger partial charge in [0.2, 0.25) is 0 Å². The number of halogens is 2. The Kier molecular flexibility index (Phi) is 4.67. The van der Waals surface area contributed by atoms with Gasteiger partial charge in [0.15, 0.2) is 0 Å². The van der Waals surface area contributed by atoms with Crippen LogP contribution < -0.4 is 4.90 Å². The lowest BCUT2D eigenvalue weighted by molar-refractivity contribution is -0.142. The quantitative estimate of drug-likeness (QED) is 0.673. The Morgan fingerprint density at radius 1 is 1.37 bits per heavy atom. The summed E-state index contributed by atoms with van der Waals surface area (Å²) in [6.07, 6.45) is 4.75. The van der Waals surface area contributed by atoms with E-state index in [2.05, 4.69) is 9.97 Å². The minimum absolute atomic E-state index is 0.264. The second-order valence-electron chi connectivity index (χ2n) is 6.31. The minimum Gasteiger partial charge on any atom is -0.467 e. The van der Waals surface area contributed by atoms with E-state index in [1.165, 1.54) is 7.11 Å². The molecule has 1 unspecified atom stereocenters. The Hall–Kier alpha value is -2.35. The van der Waals surface area contributed by atoms with Crippen molar-refractivity contribution >= 4 is 45.9 Å². The fourth-order valence-electron chi connectivity index (χ4n) is 3.39. The highest BCUT2D eigenvalue weighted by Crippen LogP contribution is 2.36. The van der Waals surface area contributed by atoms with E-state index in [9.17, 15) is 9.90 Å². The van der Waals surface area contributed by atoms with Crippen molar-refractivity contribution < 1.29 is 14.6 Å². The number of nitrogens with zero attached hydrogens (tertiary/aromatic N) is 4. The number of imidazole rings is 1. The number of anilines is 1. The number of benzene rings is 1. The molecule has 1 aliphatic rings. The number of hydrogen-bond donors (Lipinski definition) is 1. The number of aliphatic hydroxyl groups excluding tert-OH is 1. The van der Waals surface area contributed by atoms with Crippen LogP contribution >= 0.6 is 23.2 Å². The Morgan fingerprint density at radius 3 is 2.89 bits per heavy atom. The lowest BCUT2D eigenvalue weighted by Crippen LogP contribution is -2.37. The van der Waals surface area contributed by atoms with Gasteiger partial charge in [-0.25, -0.2) is 14.8 Å². The summed E-state index contributed by atoms with van der Waals surface area (Å²) in [6.45, 7) is 0.264. The zero-order chi connectivity index (χ0) is 19.1. The van der Waals surface area contributed by atoms with Crippen molar-refractivity contribution in [1.29, 1.82) is 0 Å². The third-order valence-corrected chi connectivity index (χ3v) is 5.46. The predicted molar refractivity (Wildman–Crippen MR) is 103 cm³/mol. The van der Waals surface area contributed by atoms with E-state index in [1.807, 2.05) is 16.7 Å². The van der Waals surface area contributed by atoms with Crippen LogP contribution in [0.15, 0.2) is 36.9 Å². The molecule has 0 saturated carbocycles. The third-order valence-electron chi connectivity index (χ3n) is 4.67. The van der Waals surface area contributed by atoms with Crippen LogP contribution in [0.3, 0.4) is 0 Å². The van der Waals surface area contributed by atoms with Gasteiger partial charge >= 0.3 is 5.97 Å². The molecule has 0 spiro atoms. The second-order valence-corrected chi connectivity index (χ2v) is 7.09. The van der Waals surface area contributed by atoms with Crippen LogP contribution in [0.25, 0.3) is 16.6 Å². The highest BCUT2D eigenvalue weighted by Gasteiger charge is 2.38. The van der Waals surface area contributed by atoms with Crippen LogP contribution in [-0.4, -0.2) is 51.4 Å². The maximum Gasteiger partial charge on any atom is 0.328 e. The van der Waals surface area contributed by atoms with Crippen molar-refractivity contribution in [1.82, 2.24) is 14.5 Å². The van der Waals surface area contributed by atoms with Crippen LogP contribution in [-0.2, 0) is 9.53 Å². The van der Waals surface area contributed by atoms with Gasteiger partial charge in [0.25, 0.3) is 0 Å². The van der Waals surface area contributed by atoms with Gasteiger partial charge in [0, 0.05) is 36.8 Å². The number of ether oxygens (including phenoxy) is 1. The molecule has 0 amide bonds. The maximum absolute atomic E-state index is 12.2. The Morgan fingerprint density at radius 2 is 2.19 bits per heavy atom. The number of pyridine rings is 1. The second kappa shape index (κ2) is 6.99. The molecule has 0 bridgehead atoms. The zero-order valence-corrected chi connectivity index (χ0v) is 15.9. The van der Waals surface area contributed by atoms with Crippen molar-refractivity contribution in [3.63, 3.8) is 0 Å². The van der Waals surface area contributed by atoms with Crippen LogP contribution in [0, 0.1) is 0 Å². The molecule has 1 fully saturated rings. The van der Waals surface area contributed by atoms with Gasteiger partial charge in [0.1, 0.15) is 11.9 Å². The van der Waals surface area contributed by atoms with Gasteiger partial charge in [0.05, 0.1) is 40.8 Å². The molecule has 3 aromatic rings. The summed E-state index contributed by atoms with van der Waals surface area (Å²) in [5.74, 6) is 0.0807. The summed E-state index contributed by atoms with van der Waals surface area (Å²) in [5.41, 5.74) is 1.30. The largest absolute Gasteiger partial charge is 0.467 e. The number of hydrogen-bond acceptors (Lipinski definition) is 6. The SMILES string of the molecule is COC(=O)[C@H]1CC(O)CN1c1cc(-n2ccnc2)c2ccc(Cl)c(Cl)c2n1. The number of aromatic nitrogens is 3. The highest BCUT2D eigenvalue weighted by atomic mass is 35.5. The molecule has 2 atom stereocenters. The Balaban J connectivity index is 1.93. The molecular weight excluding hydrogens is 391 g/mol. The molecule has 1 N–H and O–H groups in total. The summed E-state index contributed by atoms with van der Waals surface area (Å²) in [6, 6.07) is 4.77. The van der Waals surface area contributed by atoms with E-state index in [-0.39, 0.29) is 13.0 Å². The van der Waals surface area contributed by atoms with Gasteiger partial charge in [-0.2, -0.15) is 0 Å². The highest BCUT2D eigenvalue weighted by molar-refractivity contribution is 6.45. The van der Waals surface area contributed by atoms with E-state index in [4.69, 9.17) is 27.9 Å². The predicted octanol–water partition coefficient (Wildman–Crippen LogP) is 2.84. The maximum atomic E-state index is 12.2. The van der Waals surface area contributed by atoms with Crippen molar-refractivity contribution in [2.45, 2.75) is 18.6 Å². The van der Waals surface area contributed by atoms with Crippen molar-refractivity contribution in [3.8, 4) is 5.69 Å². The van der Waals surface area contributed by atoms with E-state index < -0.39 is 18.1 Å². The van der Waals surface area contributed by atoms with Crippen LogP contribution in [0.1, 0.15) is 6.42 Å². The summed E-state index contributed by atoms with van der Waals surface area (Å²) in [7, 11) is 1.33. The zero-order valence-electron chi connectivity index (χ0n) is 14.3. The summed E-state index contributed by atoms with van der Waals surface area (Å²) in [5, 5.41) is 11.6. The van der Waals surface area contributed by atoms with Crippen LogP contribution in [0.2, 0.25) is 10.0 Å². The van der Waals surface area contributed by atoms with Gasteiger partial charge < -0.3 is 19.3 Å². The number of methoxy groups -OCH3 is 1. The molecular formula is C18H16Cl2N4O3. The smallest absolute Gasteiger partial charge is 0.328 e. The molecule has 9 heteroatoms. The first-order valence-electron chi connectivity index (χ1n) is 8.29. The summed E-state index contributed by atoms with van der Waals surface area (Å²) in [4.78, 5) is 22.6. The molecule has 4 rings (SSSR count). The summed E-state index contributed by atoms with van der Waals surface area (Å²) < 4.78 is 6.72. The first-order valence-corrected chi connectivity index (χ1v) is 9.05. The van der Waals surface area contributed by atoms with Gasteiger partial charge in [-0.05, 0) is 12.1 Å². The normalized spacial score (nSPS) is 19.6. The fourth-order valence-corrected chi connectivity index (χ4v) is 3.75. The number of fused-ring (bicyclic) bond motifs is 1. The number of rotatable bonds is 3. The number of carbonyl (C=O) groups excluding carboxylic acids is 1. The average molecular weight is 407 g/mol. The third kappa shape index (κ3) is 3.12. The number of aliphatic hydroxyl groups is 1. The van der Waals surface area contributed by atoms with Crippen LogP contribution in [0.4, 0.5) is 5.82 Å². The molecule has 1 aliphatic heterocycles. The first-order chi connectivity index (χ1) is 13.0. The molecule has 1 aromatic carbocycles. The average Bonchev–Trinajstić information content (AvgIpc) is 3.33. The van der Waals surface area contributed by atoms with Crippen molar-refractivity contribution in [2.24, 2.45) is 0 Å². The van der Waals surface area contributed by atoms with E-state index in [0.717, 1.165) is 11.1 Å². The molecule has 3 heterocycles. The monoisotopic (exact) mass is 406 g/mol. The Bertz CT molecular complexity index is 1010. The molecule has 27 heavy (non-hydrogen) atoms. The molecule has 2 aromatic heterocycles. The Labute approximate surface area is 165 Å². The summed E-state index contributed by atoms with van der Waals surface area (Å²) >= 11 is 12.6. The lowest BCUT2D eigenvalue weighted by Gasteiger charge is -2.25. The van der Waals surface area contributed by atoms with Gasteiger partial charge in [-0.3, -0.25) is 0 Å². The standard InChI is InChI=1S/C18H16Cl2N4O3/c1-27-18(26)14-6-10(25)8-24(14)15-7-13(23-5-4-21-9-23)11-2-3-12(19)16(20)17(11)22-15/h2-5,7,9-10,14,25H,6,8H2,1H3/t10?,14-/m1/s1. The topological polar surface area (TPSA) is 80.5 Å². The van der Waals surface area contributed by atoms with Crippen molar-refractivity contribution in [2.75, 3.05) is 18.6 Å². The molecule has 140 valence electrons. The van der Waals surface area contributed by atoms with Crippen LogP contribution in [0.5, 0.6) is 0 Å². The first kappa shape index (κ1) is 18.0. The fraction of sp³-hybridized carbons (Fsp3) is 0.278. The van der Waals surface area contributed by atoms with E-state index >= 15 is 0 Å². The minimum atomic E-state index is -0.655. The van der Waals surface area contributed by atoms with Gasteiger partial charge in [-0.1, -0.05) is 23.2 Å². The van der Waals surface area contributed by atoms with E-state index in [1.54, 1.807) is 29.7 Å². The number of β-amino-alcohol motifs (C(OH)–C–C–N with tert-alkyl or cyclic N) is 1. The molecule has 0 radical (unpaired) electrons. The number of esters is 1. The molecule has 7 nitrogen and oxygen atoms in total.